The SMILES string of the molecule is COc1c(Cl)cccc1NC(=O)c1cc2ccccc2c(N=Nc2ccc(Cl)c(S(=O)(=O)O)c2C)c1O. The summed E-state index contributed by atoms with van der Waals surface area (Å²) in [5, 5.41) is 23.2. The molecule has 37 heavy (non-hydrogen) atoms. The molecule has 0 fully saturated rings. The predicted molar refractivity (Wildman–Crippen MR) is 142 cm³/mol. The molecular weight excluding hydrogens is 541 g/mol. The molecule has 0 radical (unpaired) electrons. The Hall–Kier alpha value is -3.70. The Bertz CT molecular complexity index is 1690. The molecule has 12 heteroatoms. The number of hydrogen-bond donors (Lipinski definition) is 3. The normalized spacial score (nSPS) is 11.7. The van der Waals surface area contributed by atoms with Crippen LogP contribution in [0.25, 0.3) is 10.8 Å². The highest BCUT2D eigenvalue weighted by Crippen LogP contribution is 2.41. The van der Waals surface area contributed by atoms with Crippen LogP contribution < -0.4 is 10.1 Å². The summed E-state index contributed by atoms with van der Waals surface area (Å²) in [6.07, 6.45) is 0. The van der Waals surface area contributed by atoms with Crippen LogP contribution in [0.2, 0.25) is 10.0 Å². The molecule has 0 atom stereocenters. The smallest absolute Gasteiger partial charge is 0.296 e. The minimum atomic E-state index is -4.62. The Labute approximate surface area is 222 Å². The molecule has 0 aliphatic rings. The lowest BCUT2D eigenvalue weighted by atomic mass is 10.0. The van der Waals surface area contributed by atoms with Crippen molar-refractivity contribution in [1.29, 1.82) is 0 Å². The number of azo groups is 1. The van der Waals surface area contributed by atoms with Crippen LogP contribution in [-0.2, 0) is 10.1 Å². The van der Waals surface area contributed by atoms with E-state index >= 15 is 0 Å². The number of anilines is 1. The fourth-order valence-electron chi connectivity index (χ4n) is 3.77. The Morgan fingerprint density at radius 3 is 2.43 bits per heavy atom. The largest absolute Gasteiger partial charge is 0.505 e. The van der Waals surface area contributed by atoms with Gasteiger partial charge in [-0.25, -0.2) is 0 Å². The second kappa shape index (κ2) is 10.3. The number of amides is 1. The molecule has 4 rings (SSSR count). The van der Waals surface area contributed by atoms with Gasteiger partial charge in [-0.1, -0.05) is 53.5 Å². The molecule has 4 aromatic rings. The Balaban J connectivity index is 1.83. The van der Waals surface area contributed by atoms with E-state index in [1.165, 1.54) is 32.2 Å². The zero-order valence-corrected chi connectivity index (χ0v) is 21.7. The zero-order valence-electron chi connectivity index (χ0n) is 19.4. The topological polar surface area (TPSA) is 138 Å². The lowest BCUT2D eigenvalue weighted by Crippen LogP contribution is -2.13. The van der Waals surface area contributed by atoms with Crippen molar-refractivity contribution in [2.24, 2.45) is 10.2 Å². The van der Waals surface area contributed by atoms with Crippen LogP contribution in [0.3, 0.4) is 0 Å². The van der Waals surface area contributed by atoms with Crippen LogP contribution in [0.1, 0.15) is 15.9 Å². The molecule has 9 nitrogen and oxygen atoms in total. The number of fused-ring (bicyclic) bond motifs is 1. The third-order valence-corrected chi connectivity index (χ3v) is 7.27. The number of nitrogens with zero attached hydrogens (tertiary/aromatic N) is 2. The Morgan fingerprint density at radius 2 is 1.73 bits per heavy atom. The molecule has 190 valence electrons. The van der Waals surface area contributed by atoms with Crippen LogP contribution in [-0.4, -0.2) is 31.1 Å². The van der Waals surface area contributed by atoms with Gasteiger partial charge in [-0.3, -0.25) is 9.35 Å². The maximum atomic E-state index is 13.2. The summed E-state index contributed by atoms with van der Waals surface area (Å²) in [5.41, 5.74) is 0.319. The predicted octanol–water partition coefficient (Wildman–Crippen LogP) is 7.08. The molecule has 0 heterocycles. The maximum Gasteiger partial charge on any atom is 0.296 e. The molecule has 0 saturated carbocycles. The van der Waals surface area contributed by atoms with Crippen molar-refractivity contribution in [2.75, 3.05) is 12.4 Å². The lowest BCUT2D eigenvalue weighted by molar-refractivity contribution is 0.102. The number of benzene rings is 4. The van der Waals surface area contributed by atoms with Gasteiger partial charge in [-0.15, -0.1) is 5.11 Å². The van der Waals surface area contributed by atoms with E-state index in [1.54, 1.807) is 42.5 Å². The van der Waals surface area contributed by atoms with Crippen LogP contribution in [0.15, 0.2) is 75.8 Å². The van der Waals surface area contributed by atoms with Gasteiger partial charge in [0.1, 0.15) is 10.6 Å². The summed E-state index contributed by atoms with van der Waals surface area (Å²) in [4.78, 5) is 12.7. The summed E-state index contributed by atoms with van der Waals surface area (Å²) in [5.74, 6) is -0.857. The molecule has 3 N–H and O–H groups in total. The minimum Gasteiger partial charge on any atom is -0.505 e. The first kappa shape index (κ1) is 26.4. The number of aromatic hydroxyl groups is 1. The average Bonchev–Trinajstić information content (AvgIpc) is 2.83. The molecule has 0 unspecified atom stereocenters. The number of rotatable bonds is 6. The molecule has 0 saturated heterocycles. The average molecular weight is 560 g/mol. The second-order valence-electron chi connectivity index (χ2n) is 7.81. The summed E-state index contributed by atoms with van der Waals surface area (Å²) in [7, 11) is -3.21. The number of nitrogens with one attached hydrogen (secondary N) is 1. The number of phenolic OH excluding ortho intramolecular Hbond substituents is 1. The number of carbonyl (C=O) groups is 1. The van der Waals surface area contributed by atoms with Crippen molar-refractivity contribution in [3.8, 4) is 11.5 Å². The summed E-state index contributed by atoms with van der Waals surface area (Å²) >= 11 is 12.1. The van der Waals surface area contributed by atoms with Gasteiger partial charge in [-0.2, -0.15) is 13.5 Å². The summed E-state index contributed by atoms with van der Waals surface area (Å²) < 4.78 is 38.3. The second-order valence-corrected chi connectivity index (χ2v) is 9.99. The van der Waals surface area contributed by atoms with Crippen molar-refractivity contribution in [2.45, 2.75) is 11.8 Å². The van der Waals surface area contributed by atoms with Crippen LogP contribution in [0, 0.1) is 6.92 Å². The molecule has 0 aliphatic carbocycles. The van der Waals surface area contributed by atoms with Gasteiger partial charge < -0.3 is 15.2 Å². The molecule has 0 spiro atoms. The van der Waals surface area contributed by atoms with Crippen LogP contribution in [0.4, 0.5) is 17.1 Å². The van der Waals surface area contributed by atoms with Gasteiger partial charge in [0.05, 0.1) is 34.1 Å². The molecular formula is C25H19Cl2N3O6S. The first-order valence-corrected chi connectivity index (χ1v) is 12.8. The molecule has 0 aromatic heterocycles. The Morgan fingerprint density at radius 1 is 1.00 bits per heavy atom. The van der Waals surface area contributed by atoms with Crippen molar-refractivity contribution >= 4 is 67.1 Å². The quantitative estimate of drug-likeness (QED) is 0.170. The number of hydrogen-bond acceptors (Lipinski definition) is 7. The fraction of sp³-hybridized carbons (Fsp3) is 0.0800. The van der Waals surface area contributed by atoms with Crippen LogP contribution in [0.5, 0.6) is 11.5 Å². The van der Waals surface area contributed by atoms with Crippen molar-refractivity contribution in [3.05, 3.63) is 81.8 Å². The highest BCUT2D eigenvalue weighted by Gasteiger charge is 2.22. The standard InChI is InChI=1S/C25H19Cl2N3O6S/c1-13-19(11-10-18(27)24(13)37(33,34)35)29-30-21-15-7-4-3-6-14(15)12-16(22(21)31)25(32)28-20-9-5-8-17(26)23(20)36-2/h3-12,31H,1-2H3,(H,28,32)(H,33,34,35). The third-order valence-electron chi connectivity index (χ3n) is 5.50. The highest BCUT2D eigenvalue weighted by molar-refractivity contribution is 7.86. The molecule has 0 aliphatic heterocycles. The zero-order chi connectivity index (χ0) is 26.9. The number of carbonyl (C=O) groups excluding carboxylic acids is 1. The first-order chi connectivity index (χ1) is 17.5. The lowest BCUT2D eigenvalue weighted by Gasteiger charge is -2.14. The van der Waals surface area contributed by atoms with Crippen LogP contribution >= 0.6 is 23.2 Å². The number of halogens is 2. The van der Waals surface area contributed by atoms with Gasteiger partial charge >= 0.3 is 0 Å². The van der Waals surface area contributed by atoms with E-state index in [0.29, 0.717) is 21.5 Å². The Kier molecular flexibility index (Phi) is 7.37. The van der Waals surface area contributed by atoms with Gasteiger partial charge in [0.25, 0.3) is 16.0 Å². The number of ether oxygens (including phenoxy) is 1. The highest BCUT2D eigenvalue weighted by atomic mass is 35.5. The first-order valence-electron chi connectivity index (χ1n) is 10.6. The van der Waals surface area contributed by atoms with Crippen molar-refractivity contribution in [1.82, 2.24) is 0 Å². The van der Waals surface area contributed by atoms with E-state index in [0.717, 1.165) is 0 Å². The maximum absolute atomic E-state index is 13.2. The van der Waals surface area contributed by atoms with E-state index in [-0.39, 0.29) is 33.3 Å². The molecule has 0 bridgehead atoms. The van der Waals surface area contributed by atoms with E-state index in [1.807, 2.05) is 0 Å². The van der Waals surface area contributed by atoms with Crippen molar-refractivity contribution < 1.29 is 27.6 Å². The van der Waals surface area contributed by atoms with E-state index in [2.05, 4.69) is 15.5 Å². The minimum absolute atomic E-state index is 0.0240. The van der Waals surface area contributed by atoms with Gasteiger partial charge in [0.15, 0.2) is 11.5 Å². The van der Waals surface area contributed by atoms with E-state index in [4.69, 9.17) is 27.9 Å². The van der Waals surface area contributed by atoms with E-state index < -0.39 is 26.7 Å². The van der Waals surface area contributed by atoms with E-state index in [9.17, 15) is 22.9 Å². The summed E-state index contributed by atoms with van der Waals surface area (Å²) in [6.45, 7) is 1.41. The van der Waals surface area contributed by atoms with Gasteiger partial charge in [0.2, 0.25) is 0 Å². The van der Waals surface area contributed by atoms with Crippen molar-refractivity contribution in [3.63, 3.8) is 0 Å². The number of methoxy groups -OCH3 is 1. The monoisotopic (exact) mass is 559 g/mol. The summed E-state index contributed by atoms with van der Waals surface area (Å²) in [6, 6.07) is 15.9. The van der Waals surface area contributed by atoms with Gasteiger partial charge in [0, 0.05) is 5.39 Å². The number of phenols is 1. The third kappa shape index (κ3) is 5.23. The van der Waals surface area contributed by atoms with Gasteiger partial charge in [-0.05, 0) is 48.2 Å². The molecule has 4 aromatic carbocycles. The number of para-hydroxylation sites is 1. The fourth-order valence-corrected chi connectivity index (χ4v) is 5.33. The molecule has 1 amide bonds.